The van der Waals surface area contributed by atoms with Gasteiger partial charge in [0.2, 0.25) is 0 Å². The highest BCUT2D eigenvalue weighted by molar-refractivity contribution is 6.30. The smallest absolute Gasteiger partial charge is 0.281 e. The molecule has 18 heavy (non-hydrogen) atoms. The van der Waals surface area contributed by atoms with Crippen LogP contribution in [0.2, 0.25) is 5.02 Å². The van der Waals surface area contributed by atoms with E-state index < -0.39 is 6.10 Å². The monoisotopic (exact) mass is 268 g/mol. The van der Waals surface area contributed by atoms with Gasteiger partial charge in [0, 0.05) is 11.2 Å². The van der Waals surface area contributed by atoms with Crippen LogP contribution in [-0.4, -0.2) is 18.2 Å². The highest BCUT2D eigenvalue weighted by Gasteiger charge is 2.18. The lowest BCUT2D eigenvalue weighted by atomic mass is 10.2. The van der Waals surface area contributed by atoms with Crippen LogP contribution in [0.4, 0.5) is 0 Å². The third-order valence-corrected chi connectivity index (χ3v) is 2.49. The molecule has 1 aromatic rings. The Bertz CT molecular complexity index is 404. The van der Waals surface area contributed by atoms with Gasteiger partial charge in [0.15, 0.2) is 6.10 Å². The SMILES string of the molecule is CC=NNC(=O)C(CCC)Oc1ccc(Cl)cc1. The van der Waals surface area contributed by atoms with Crippen LogP contribution in [0, 0.1) is 0 Å². The number of carbonyl (C=O) groups excluding carboxylic acids is 1. The Morgan fingerprint density at radius 1 is 1.50 bits per heavy atom. The molecule has 0 saturated heterocycles. The van der Waals surface area contributed by atoms with E-state index in [0.717, 1.165) is 6.42 Å². The minimum Gasteiger partial charge on any atom is -0.481 e. The molecule has 0 aliphatic rings. The maximum Gasteiger partial charge on any atom is 0.281 e. The number of benzene rings is 1. The Morgan fingerprint density at radius 3 is 2.72 bits per heavy atom. The molecule has 0 radical (unpaired) electrons. The first-order valence-electron chi connectivity index (χ1n) is 5.87. The summed E-state index contributed by atoms with van der Waals surface area (Å²) in [5.41, 5.74) is 2.43. The first-order chi connectivity index (χ1) is 8.67. The zero-order valence-electron chi connectivity index (χ0n) is 10.5. The number of rotatable bonds is 6. The number of amides is 1. The second-order valence-corrected chi connectivity index (χ2v) is 4.15. The molecule has 0 fully saturated rings. The molecule has 1 rings (SSSR count). The molecule has 5 heteroatoms. The summed E-state index contributed by atoms with van der Waals surface area (Å²) in [6.45, 7) is 3.73. The van der Waals surface area contributed by atoms with Crippen LogP contribution >= 0.6 is 11.6 Å². The van der Waals surface area contributed by atoms with Crippen LogP contribution in [0.15, 0.2) is 29.4 Å². The van der Waals surface area contributed by atoms with Gasteiger partial charge in [0.25, 0.3) is 5.91 Å². The van der Waals surface area contributed by atoms with Crippen molar-refractivity contribution in [1.29, 1.82) is 0 Å². The van der Waals surface area contributed by atoms with E-state index in [1.54, 1.807) is 31.2 Å². The number of halogens is 1. The first-order valence-corrected chi connectivity index (χ1v) is 6.25. The molecule has 0 aromatic heterocycles. The van der Waals surface area contributed by atoms with E-state index in [-0.39, 0.29) is 5.91 Å². The van der Waals surface area contributed by atoms with Gasteiger partial charge in [-0.05, 0) is 37.6 Å². The fourth-order valence-corrected chi connectivity index (χ4v) is 1.51. The normalized spacial score (nSPS) is 12.4. The van der Waals surface area contributed by atoms with Gasteiger partial charge in [-0.2, -0.15) is 5.10 Å². The molecule has 1 amide bonds. The molecular formula is C13H17ClN2O2. The van der Waals surface area contributed by atoms with Gasteiger partial charge >= 0.3 is 0 Å². The zero-order chi connectivity index (χ0) is 13.4. The van der Waals surface area contributed by atoms with Crippen LogP contribution in [0.25, 0.3) is 0 Å². The van der Waals surface area contributed by atoms with Gasteiger partial charge in [-0.25, -0.2) is 5.43 Å². The molecule has 0 aliphatic carbocycles. The molecule has 0 aliphatic heterocycles. The Labute approximate surface area is 112 Å². The number of hydrogen-bond donors (Lipinski definition) is 1. The highest BCUT2D eigenvalue weighted by Crippen LogP contribution is 2.18. The molecule has 4 nitrogen and oxygen atoms in total. The summed E-state index contributed by atoms with van der Waals surface area (Å²) in [6.07, 6.45) is 2.46. The zero-order valence-corrected chi connectivity index (χ0v) is 11.3. The molecule has 1 atom stereocenters. The minimum absolute atomic E-state index is 0.245. The summed E-state index contributed by atoms with van der Waals surface area (Å²) >= 11 is 5.79. The van der Waals surface area contributed by atoms with E-state index in [0.29, 0.717) is 17.2 Å². The third kappa shape index (κ3) is 4.75. The predicted octanol–water partition coefficient (Wildman–Crippen LogP) is 3.01. The van der Waals surface area contributed by atoms with E-state index in [1.165, 1.54) is 6.21 Å². The molecule has 0 saturated carbocycles. The average molecular weight is 269 g/mol. The number of carbonyl (C=O) groups is 1. The van der Waals surface area contributed by atoms with Crippen molar-refractivity contribution in [2.45, 2.75) is 32.8 Å². The van der Waals surface area contributed by atoms with E-state index in [4.69, 9.17) is 16.3 Å². The quantitative estimate of drug-likeness (QED) is 0.637. The van der Waals surface area contributed by atoms with Crippen LogP contribution in [0.5, 0.6) is 5.75 Å². The number of nitrogens with zero attached hydrogens (tertiary/aromatic N) is 1. The third-order valence-electron chi connectivity index (χ3n) is 2.24. The summed E-state index contributed by atoms with van der Waals surface area (Å²) < 4.78 is 5.62. The van der Waals surface area contributed by atoms with Gasteiger partial charge in [0.1, 0.15) is 5.75 Å². The predicted molar refractivity (Wildman–Crippen MR) is 73.1 cm³/mol. The molecule has 0 spiro atoms. The van der Waals surface area contributed by atoms with Crippen molar-refractivity contribution >= 4 is 23.7 Å². The van der Waals surface area contributed by atoms with Gasteiger partial charge in [-0.15, -0.1) is 0 Å². The van der Waals surface area contributed by atoms with E-state index >= 15 is 0 Å². The standard InChI is InChI=1S/C13H17ClN2O2/c1-3-5-12(13(17)16-15-4-2)18-11-8-6-10(14)7-9-11/h4,6-9,12H,3,5H2,1-2H3,(H,16,17). The first kappa shape index (κ1) is 14.5. The van der Waals surface area contributed by atoms with Gasteiger partial charge in [0.05, 0.1) is 0 Å². The van der Waals surface area contributed by atoms with Gasteiger partial charge < -0.3 is 4.74 Å². The summed E-state index contributed by atoms with van der Waals surface area (Å²) in [4.78, 5) is 11.8. The van der Waals surface area contributed by atoms with Crippen molar-refractivity contribution in [2.75, 3.05) is 0 Å². The minimum atomic E-state index is -0.542. The van der Waals surface area contributed by atoms with Crippen LogP contribution in [0.1, 0.15) is 26.7 Å². The fourth-order valence-electron chi connectivity index (χ4n) is 1.38. The fraction of sp³-hybridized carbons (Fsp3) is 0.385. The number of nitrogens with one attached hydrogen (secondary N) is 1. The number of ether oxygens (including phenoxy) is 1. The lowest BCUT2D eigenvalue weighted by Gasteiger charge is -2.16. The second kappa shape index (κ2) is 7.71. The molecule has 1 N–H and O–H groups in total. The van der Waals surface area contributed by atoms with Gasteiger partial charge in [-0.3, -0.25) is 4.79 Å². The summed E-state index contributed by atoms with van der Waals surface area (Å²) in [5.74, 6) is 0.373. The van der Waals surface area contributed by atoms with E-state index in [9.17, 15) is 4.79 Å². The molecule has 0 bridgehead atoms. The van der Waals surface area contributed by atoms with E-state index in [1.807, 2.05) is 6.92 Å². The van der Waals surface area contributed by atoms with Crippen LogP contribution in [-0.2, 0) is 4.79 Å². The van der Waals surface area contributed by atoms with Crippen molar-refractivity contribution < 1.29 is 9.53 Å². The van der Waals surface area contributed by atoms with Gasteiger partial charge in [-0.1, -0.05) is 24.9 Å². The van der Waals surface area contributed by atoms with Crippen molar-refractivity contribution in [2.24, 2.45) is 5.10 Å². The topological polar surface area (TPSA) is 50.7 Å². The molecule has 1 aromatic carbocycles. The Balaban J connectivity index is 2.67. The Morgan fingerprint density at radius 2 is 2.17 bits per heavy atom. The van der Waals surface area contributed by atoms with Crippen LogP contribution in [0.3, 0.4) is 0 Å². The molecule has 0 heterocycles. The number of hydrazone groups is 1. The molecular weight excluding hydrogens is 252 g/mol. The summed E-state index contributed by atoms with van der Waals surface area (Å²) in [6, 6.07) is 6.92. The maximum absolute atomic E-state index is 11.8. The number of hydrogen-bond acceptors (Lipinski definition) is 3. The largest absolute Gasteiger partial charge is 0.481 e. The molecule has 98 valence electrons. The average Bonchev–Trinajstić information content (AvgIpc) is 2.38. The lowest BCUT2D eigenvalue weighted by molar-refractivity contribution is -0.128. The van der Waals surface area contributed by atoms with Crippen molar-refractivity contribution in [3.05, 3.63) is 29.3 Å². The summed E-state index contributed by atoms with van der Waals surface area (Å²) in [5, 5.41) is 4.34. The van der Waals surface area contributed by atoms with Crippen LogP contribution < -0.4 is 10.2 Å². The van der Waals surface area contributed by atoms with E-state index in [2.05, 4.69) is 10.5 Å². The van der Waals surface area contributed by atoms with Crippen molar-refractivity contribution in [1.82, 2.24) is 5.43 Å². The maximum atomic E-state index is 11.8. The summed E-state index contributed by atoms with van der Waals surface area (Å²) in [7, 11) is 0. The Hall–Kier alpha value is -1.55. The molecule has 1 unspecified atom stereocenters. The Kier molecular flexibility index (Phi) is 6.22. The lowest BCUT2D eigenvalue weighted by Crippen LogP contribution is -2.35. The highest BCUT2D eigenvalue weighted by atomic mass is 35.5. The van der Waals surface area contributed by atoms with Crippen molar-refractivity contribution in [3.63, 3.8) is 0 Å². The van der Waals surface area contributed by atoms with Crippen molar-refractivity contribution in [3.8, 4) is 5.75 Å². The second-order valence-electron chi connectivity index (χ2n) is 3.71.